The predicted molar refractivity (Wildman–Crippen MR) is 116 cm³/mol. The summed E-state index contributed by atoms with van der Waals surface area (Å²) in [5.41, 5.74) is -2.00. The summed E-state index contributed by atoms with van der Waals surface area (Å²) < 4.78 is 43.8. The fourth-order valence-electron chi connectivity index (χ4n) is 3.08. The maximum atomic E-state index is 12.8. The summed E-state index contributed by atoms with van der Waals surface area (Å²) >= 11 is 0. The van der Waals surface area contributed by atoms with Gasteiger partial charge in [0.15, 0.2) is 6.35 Å². The fourth-order valence-corrected chi connectivity index (χ4v) is 4.37. The normalized spacial score (nSPS) is 11.7. The van der Waals surface area contributed by atoms with E-state index in [1.165, 1.54) is 0 Å². The van der Waals surface area contributed by atoms with Crippen molar-refractivity contribution in [1.82, 2.24) is 10.5 Å². The van der Waals surface area contributed by atoms with Crippen LogP contribution in [0.5, 0.6) is 5.88 Å². The van der Waals surface area contributed by atoms with Crippen molar-refractivity contribution in [3.8, 4) is 5.88 Å². The second-order valence-corrected chi connectivity index (χ2v) is 8.96. The van der Waals surface area contributed by atoms with Gasteiger partial charge in [-0.15, -0.1) is 0 Å². The van der Waals surface area contributed by atoms with Crippen LogP contribution in [0.3, 0.4) is 0 Å². The summed E-state index contributed by atoms with van der Waals surface area (Å²) in [5, 5.41) is 6.22. The number of nitrogens with zero attached hydrogens (tertiary/aromatic N) is 1. The van der Waals surface area contributed by atoms with E-state index in [1.54, 1.807) is 13.8 Å². The molecule has 0 bridgehead atoms. The number of nitrogens with one attached hydrogen (secondary N) is 1. The number of rotatable bonds is 15. The van der Waals surface area contributed by atoms with Crippen molar-refractivity contribution < 1.29 is 46.7 Å². The van der Waals surface area contributed by atoms with E-state index in [4.69, 9.17) is 27.8 Å². The lowest BCUT2D eigenvalue weighted by Crippen LogP contribution is -2.62. The molecule has 0 aromatic carbocycles. The van der Waals surface area contributed by atoms with Crippen LogP contribution in [0.25, 0.3) is 0 Å². The summed E-state index contributed by atoms with van der Waals surface area (Å²) in [4.78, 5) is 37.3. The molecule has 12 nitrogen and oxygen atoms in total. The third-order valence-electron chi connectivity index (χ3n) is 4.50. The molecule has 188 valence electrons. The molecule has 1 rings (SSSR count). The minimum absolute atomic E-state index is 0.122. The lowest BCUT2D eigenvalue weighted by Gasteiger charge is -2.28. The molecule has 1 heterocycles. The fraction of sp³-hybridized carbons (Fsp3) is 0.700. The summed E-state index contributed by atoms with van der Waals surface area (Å²) in [5.74, 6) is -2.56. The minimum Gasteiger partial charge on any atom is -0.467 e. The largest absolute Gasteiger partial charge is 0.467 e. The quantitative estimate of drug-likeness (QED) is 0.218. The van der Waals surface area contributed by atoms with Crippen LogP contribution in [0.1, 0.15) is 51.9 Å². The number of hydrogen-bond acceptors (Lipinski definition) is 11. The van der Waals surface area contributed by atoms with Crippen LogP contribution >= 0.6 is 7.60 Å². The van der Waals surface area contributed by atoms with Crippen molar-refractivity contribution >= 4 is 25.4 Å². The maximum absolute atomic E-state index is 12.8. The van der Waals surface area contributed by atoms with Crippen LogP contribution < -0.4 is 10.1 Å². The summed E-state index contributed by atoms with van der Waals surface area (Å²) in [7, 11) is -1.45. The lowest BCUT2D eigenvalue weighted by molar-refractivity contribution is -0.165. The molecular weight excluding hydrogens is 459 g/mol. The van der Waals surface area contributed by atoms with Gasteiger partial charge in [-0.2, -0.15) is 0 Å². The van der Waals surface area contributed by atoms with Crippen molar-refractivity contribution in [3.05, 3.63) is 11.3 Å². The number of amides is 1. The highest BCUT2D eigenvalue weighted by molar-refractivity contribution is 7.53. The van der Waals surface area contributed by atoms with Gasteiger partial charge < -0.3 is 33.1 Å². The molecule has 1 aromatic rings. The lowest BCUT2D eigenvalue weighted by atomic mass is 9.89. The van der Waals surface area contributed by atoms with Gasteiger partial charge in [-0.3, -0.25) is 9.36 Å². The van der Waals surface area contributed by atoms with Crippen LogP contribution in [0.2, 0.25) is 0 Å². The first-order chi connectivity index (χ1) is 15.6. The van der Waals surface area contributed by atoms with Gasteiger partial charge in [-0.05, 0) is 25.4 Å². The third-order valence-corrected chi connectivity index (χ3v) is 6.25. The van der Waals surface area contributed by atoms with E-state index in [1.807, 2.05) is 6.92 Å². The molecule has 0 fully saturated rings. The highest BCUT2D eigenvalue weighted by Crippen LogP contribution is 2.48. The number of aryl methyl sites for hydroxylation is 1. The van der Waals surface area contributed by atoms with E-state index in [-0.39, 0.29) is 24.7 Å². The van der Waals surface area contributed by atoms with Crippen molar-refractivity contribution in [2.24, 2.45) is 0 Å². The van der Waals surface area contributed by atoms with Crippen molar-refractivity contribution in [2.45, 2.75) is 58.9 Å². The van der Waals surface area contributed by atoms with Gasteiger partial charge in [0.1, 0.15) is 5.76 Å². The Morgan fingerprint density at radius 1 is 1.06 bits per heavy atom. The second kappa shape index (κ2) is 13.3. The number of carbonyl (C=O) groups excluding carboxylic acids is 3. The number of unbranched alkanes of at least 4 members (excludes halogenated alkanes) is 1. The number of methoxy groups -OCH3 is 2. The molecule has 13 heteroatoms. The van der Waals surface area contributed by atoms with E-state index in [0.717, 1.165) is 27.6 Å². The number of hydrogen-bond donors (Lipinski definition) is 1. The SMILES string of the molecule is CCCCc1onc(OCP(=O)(OCC)OCC)c1CC(NC(C)=O)(C(=O)OC)C(=O)OC. The average Bonchev–Trinajstić information content (AvgIpc) is 3.15. The predicted octanol–water partition coefficient (Wildman–Crippen LogP) is 2.38. The Bertz CT molecular complexity index is 828. The highest BCUT2D eigenvalue weighted by atomic mass is 31.2. The Morgan fingerprint density at radius 3 is 2.09 bits per heavy atom. The smallest absolute Gasteiger partial charge is 0.367 e. The molecule has 0 saturated heterocycles. The Balaban J connectivity index is 3.47. The number of esters is 2. The molecule has 0 aliphatic rings. The van der Waals surface area contributed by atoms with E-state index in [9.17, 15) is 18.9 Å². The summed E-state index contributed by atoms with van der Waals surface area (Å²) in [6.07, 6.45) is 1.03. The Morgan fingerprint density at radius 2 is 1.64 bits per heavy atom. The molecule has 1 N–H and O–H groups in total. The number of ether oxygens (including phenoxy) is 3. The molecular formula is C20H33N2O10P. The van der Waals surface area contributed by atoms with E-state index < -0.39 is 43.7 Å². The molecule has 0 aliphatic heterocycles. The summed E-state index contributed by atoms with van der Waals surface area (Å²) in [6.45, 7) is 6.69. The van der Waals surface area contributed by atoms with Gasteiger partial charge in [0.2, 0.25) is 11.4 Å². The Hall–Kier alpha value is -2.43. The van der Waals surface area contributed by atoms with Gasteiger partial charge in [0, 0.05) is 19.8 Å². The Labute approximate surface area is 193 Å². The van der Waals surface area contributed by atoms with Gasteiger partial charge in [0.25, 0.3) is 5.88 Å². The first-order valence-electron chi connectivity index (χ1n) is 10.6. The van der Waals surface area contributed by atoms with Crippen LogP contribution in [0.4, 0.5) is 0 Å². The Kier molecular flexibility index (Phi) is 11.5. The topological polar surface area (TPSA) is 152 Å². The summed E-state index contributed by atoms with van der Waals surface area (Å²) in [6, 6.07) is 0. The highest BCUT2D eigenvalue weighted by Gasteiger charge is 2.51. The molecule has 33 heavy (non-hydrogen) atoms. The first-order valence-corrected chi connectivity index (χ1v) is 12.3. The molecule has 0 unspecified atom stereocenters. The van der Waals surface area contributed by atoms with Crippen LogP contribution in [0.15, 0.2) is 4.52 Å². The van der Waals surface area contributed by atoms with Crippen molar-refractivity contribution in [1.29, 1.82) is 0 Å². The van der Waals surface area contributed by atoms with Crippen molar-refractivity contribution in [2.75, 3.05) is 33.8 Å². The molecule has 0 radical (unpaired) electrons. The van der Waals surface area contributed by atoms with E-state index >= 15 is 0 Å². The minimum atomic E-state index is -3.60. The van der Waals surface area contributed by atoms with E-state index in [2.05, 4.69) is 10.5 Å². The first kappa shape index (κ1) is 28.6. The van der Waals surface area contributed by atoms with Crippen LogP contribution in [-0.2, 0) is 50.3 Å². The molecule has 0 atom stereocenters. The zero-order chi connectivity index (χ0) is 25.1. The van der Waals surface area contributed by atoms with Gasteiger partial charge in [-0.25, -0.2) is 9.59 Å². The molecule has 1 amide bonds. The van der Waals surface area contributed by atoms with Gasteiger partial charge >= 0.3 is 19.5 Å². The number of aromatic nitrogens is 1. The molecule has 0 aliphatic carbocycles. The molecule has 1 aromatic heterocycles. The van der Waals surface area contributed by atoms with Gasteiger partial charge in [0.05, 0.1) is 33.0 Å². The van der Waals surface area contributed by atoms with Gasteiger partial charge in [-0.1, -0.05) is 13.3 Å². The van der Waals surface area contributed by atoms with Crippen LogP contribution in [-0.4, -0.2) is 62.3 Å². The zero-order valence-electron chi connectivity index (χ0n) is 19.9. The zero-order valence-corrected chi connectivity index (χ0v) is 20.8. The number of carbonyl (C=O) groups is 3. The third kappa shape index (κ3) is 7.55. The second-order valence-electron chi connectivity index (χ2n) is 6.96. The standard InChI is InChI=1S/C20H33N2O10P/c1-7-10-11-16-15(12-20(18(24)27-5,19(25)28-6)21-14(4)23)17(22-32-16)29-13-33(26,30-8-2)31-9-3/h7-13H2,1-6H3,(H,21,23). The van der Waals surface area contributed by atoms with Crippen molar-refractivity contribution in [3.63, 3.8) is 0 Å². The van der Waals surface area contributed by atoms with E-state index in [0.29, 0.717) is 18.6 Å². The van der Waals surface area contributed by atoms with Crippen LogP contribution in [0, 0.1) is 0 Å². The maximum Gasteiger partial charge on any atom is 0.367 e. The average molecular weight is 492 g/mol. The molecule has 0 spiro atoms. The monoisotopic (exact) mass is 492 g/mol. The molecule has 0 saturated carbocycles.